The van der Waals surface area contributed by atoms with Gasteiger partial charge in [0, 0.05) is 30.6 Å². The number of rotatable bonds is 15. The molecule has 2 amide bonds. The maximum absolute atomic E-state index is 14.5. The maximum atomic E-state index is 14.5. The van der Waals surface area contributed by atoms with Crippen LogP contribution in [0.3, 0.4) is 0 Å². The summed E-state index contributed by atoms with van der Waals surface area (Å²) in [5.41, 5.74) is 1.81. The van der Waals surface area contributed by atoms with E-state index < -0.39 is 28.5 Å². The van der Waals surface area contributed by atoms with Gasteiger partial charge in [-0.15, -0.1) is 0 Å². The van der Waals surface area contributed by atoms with Gasteiger partial charge in [0.05, 0.1) is 17.7 Å². The Balaban J connectivity index is 1.79. The van der Waals surface area contributed by atoms with Crippen molar-refractivity contribution in [2.24, 2.45) is 0 Å². The molecule has 0 saturated carbocycles. The Bertz CT molecular complexity index is 1670. The minimum Gasteiger partial charge on any atom is -0.497 e. The Morgan fingerprint density at radius 1 is 0.867 bits per heavy atom. The third-order valence-electron chi connectivity index (χ3n) is 7.29. The summed E-state index contributed by atoms with van der Waals surface area (Å²) in [5.74, 6) is -0.438. The molecule has 8 nitrogen and oxygen atoms in total. The zero-order chi connectivity index (χ0) is 32.2. The van der Waals surface area contributed by atoms with Crippen LogP contribution in [0.1, 0.15) is 30.9 Å². The van der Waals surface area contributed by atoms with Gasteiger partial charge in [0.15, 0.2) is 0 Å². The van der Waals surface area contributed by atoms with E-state index in [4.69, 9.17) is 16.3 Å². The van der Waals surface area contributed by atoms with Gasteiger partial charge < -0.3 is 15.0 Å². The SMILES string of the molecule is CCCCNC(=O)[C@H](Cc1ccccc1)N(Cc1cccc(Cl)c1)C(=O)CN(c1cccc(OC)c1)S(=O)(=O)c1ccccc1. The van der Waals surface area contributed by atoms with Crippen molar-refractivity contribution in [2.45, 2.75) is 43.7 Å². The second-order valence-electron chi connectivity index (χ2n) is 10.5. The first kappa shape index (κ1) is 33.6. The number of hydrogen-bond donors (Lipinski definition) is 1. The van der Waals surface area contributed by atoms with Gasteiger partial charge in [0.2, 0.25) is 11.8 Å². The van der Waals surface area contributed by atoms with Crippen LogP contribution in [0.5, 0.6) is 5.75 Å². The Hall–Kier alpha value is -4.34. The Morgan fingerprint density at radius 3 is 2.20 bits per heavy atom. The zero-order valence-corrected chi connectivity index (χ0v) is 27.0. The van der Waals surface area contributed by atoms with Gasteiger partial charge in [-0.3, -0.25) is 13.9 Å². The van der Waals surface area contributed by atoms with Crippen molar-refractivity contribution in [3.05, 3.63) is 125 Å². The number of ether oxygens (including phenoxy) is 1. The minimum absolute atomic E-state index is 0.0279. The van der Waals surface area contributed by atoms with Gasteiger partial charge in [-0.1, -0.05) is 91.7 Å². The lowest BCUT2D eigenvalue weighted by atomic mass is 10.0. The summed E-state index contributed by atoms with van der Waals surface area (Å²) in [6.07, 6.45) is 1.91. The second-order valence-corrected chi connectivity index (χ2v) is 12.8. The van der Waals surface area contributed by atoms with E-state index in [2.05, 4.69) is 5.32 Å². The standard InChI is InChI=1S/C35H38ClN3O5S/c1-3-4-21-37-35(41)33(23-27-13-7-5-8-14-27)38(25-28-15-11-16-29(36)22-28)34(40)26-39(30-17-12-18-31(24-30)44-2)45(42,43)32-19-9-6-10-20-32/h5-20,22,24,33H,3-4,21,23,25-26H2,1-2H3,(H,37,41)/t33-/m0/s1. The quantitative estimate of drug-likeness (QED) is 0.157. The summed E-state index contributed by atoms with van der Waals surface area (Å²) >= 11 is 6.30. The molecule has 0 radical (unpaired) electrons. The summed E-state index contributed by atoms with van der Waals surface area (Å²) < 4.78 is 34.6. The Morgan fingerprint density at radius 2 is 1.53 bits per heavy atom. The lowest BCUT2D eigenvalue weighted by Gasteiger charge is -2.34. The molecule has 236 valence electrons. The van der Waals surface area contributed by atoms with Gasteiger partial charge in [-0.05, 0) is 53.9 Å². The molecule has 0 aliphatic heterocycles. The van der Waals surface area contributed by atoms with E-state index in [1.165, 1.54) is 24.1 Å². The molecule has 4 aromatic rings. The summed E-state index contributed by atoms with van der Waals surface area (Å²) in [4.78, 5) is 29.8. The molecular formula is C35H38ClN3O5S. The van der Waals surface area contributed by atoms with Crippen molar-refractivity contribution in [3.63, 3.8) is 0 Å². The number of carbonyl (C=O) groups excluding carboxylic acids is 2. The smallest absolute Gasteiger partial charge is 0.264 e. The summed E-state index contributed by atoms with van der Waals surface area (Å²) in [6.45, 7) is 1.97. The number of methoxy groups -OCH3 is 1. The van der Waals surface area contributed by atoms with Gasteiger partial charge in [-0.2, -0.15) is 0 Å². The first-order valence-corrected chi connectivity index (χ1v) is 16.6. The van der Waals surface area contributed by atoms with Crippen LogP contribution in [0, 0.1) is 0 Å². The Labute approximate surface area is 270 Å². The normalized spacial score (nSPS) is 11.8. The fourth-order valence-corrected chi connectivity index (χ4v) is 6.55. The van der Waals surface area contributed by atoms with Crippen molar-refractivity contribution in [1.82, 2.24) is 10.2 Å². The number of amides is 2. The fraction of sp³-hybridized carbons (Fsp3) is 0.257. The average Bonchev–Trinajstić information content (AvgIpc) is 3.06. The molecule has 0 saturated heterocycles. The monoisotopic (exact) mass is 647 g/mol. The molecule has 0 aliphatic rings. The number of nitrogens with one attached hydrogen (secondary N) is 1. The van der Waals surface area contributed by atoms with Gasteiger partial charge in [-0.25, -0.2) is 8.42 Å². The van der Waals surface area contributed by atoms with E-state index in [0.717, 1.165) is 22.7 Å². The molecule has 4 aromatic carbocycles. The molecule has 0 aromatic heterocycles. The van der Waals surface area contributed by atoms with Crippen molar-refractivity contribution in [1.29, 1.82) is 0 Å². The molecule has 10 heteroatoms. The van der Waals surface area contributed by atoms with Crippen molar-refractivity contribution >= 4 is 39.1 Å². The summed E-state index contributed by atoms with van der Waals surface area (Å²) in [5, 5.41) is 3.47. The zero-order valence-electron chi connectivity index (χ0n) is 25.4. The highest BCUT2D eigenvalue weighted by Crippen LogP contribution is 2.28. The predicted octanol–water partition coefficient (Wildman–Crippen LogP) is 6.10. The first-order chi connectivity index (χ1) is 21.7. The molecule has 0 bridgehead atoms. The van der Waals surface area contributed by atoms with Crippen LogP contribution in [-0.4, -0.2) is 51.4 Å². The molecule has 1 N–H and O–H groups in total. The largest absolute Gasteiger partial charge is 0.497 e. The van der Waals surface area contributed by atoms with Crippen LogP contribution in [0.25, 0.3) is 0 Å². The predicted molar refractivity (Wildman–Crippen MR) is 178 cm³/mol. The van der Waals surface area contributed by atoms with Gasteiger partial charge >= 0.3 is 0 Å². The van der Waals surface area contributed by atoms with Crippen LogP contribution in [0.4, 0.5) is 5.69 Å². The van der Waals surface area contributed by atoms with Crippen LogP contribution >= 0.6 is 11.6 Å². The lowest BCUT2D eigenvalue weighted by molar-refractivity contribution is -0.140. The number of unbranched alkanes of at least 4 members (excludes halogenated alkanes) is 1. The molecule has 4 rings (SSSR count). The van der Waals surface area contributed by atoms with E-state index in [1.807, 2.05) is 43.3 Å². The molecular weight excluding hydrogens is 610 g/mol. The van der Waals surface area contributed by atoms with E-state index in [-0.39, 0.29) is 29.5 Å². The summed E-state index contributed by atoms with van der Waals surface area (Å²) in [7, 11) is -2.72. The molecule has 0 unspecified atom stereocenters. The first-order valence-electron chi connectivity index (χ1n) is 14.8. The molecule has 45 heavy (non-hydrogen) atoms. The number of benzene rings is 4. The summed E-state index contributed by atoms with van der Waals surface area (Å²) in [6, 6.07) is 30.0. The number of halogens is 1. The molecule has 0 spiro atoms. The highest BCUT2D eigenvalue weighted by Gasteiger charge is 2.34. The van der Waals surface area contributed by atoms with Crippen LogP contribution in [-0.2, 0) is 32.6 Å². The van der Waals surface area contributed by atoms with E-state index in [0.29, 0.717) is 22.9 Å². The van der Waals surface area contributed by atoms with Crippen molar-refractivity contribution in [3.8, 4) is 5.75 Å². The van der Waals surface area contributed by atoms with Crippen LogP contribution in [0.2, 0.25) is 5.02 Å². The van der Waals surface area contributed by atoms with E-state index in [9.17, 15) is 18.0 Å². The van der Waals surface area contributed by atoms with Crippen LogP contribution < -0.4 is 14.4 Å². The molecule has 0 aliphatic carbocycles. The fourth-order valence-electron chi connectivity index (χ4n) is 4.91. The number of hydrogen-bond acceptors (Lipinski definition) is 5. The highest BCUT2D eigenvalue weighted by molar-refractivity contribution is 7.92. The number of sulfonamides is 1. The third-order valence-corrected chi connectivity index (χ3v) is 9.32. The average molecular weight is 648 g/mol. The lowest BCUT2D eigenvalue weighted by Crippen LogP contribution is -2.53. The second kappa shape index (κ2) is 16.1. The number of anilines is 1. The number of carbonyl (C=O) groups is 2. The maximum Gasteiger partial charge on any atom is 0.264 e. The van der Waals surface area contributed by atoms with Crippen LogP contribution in [0.15, 0.2) is 114 Å². The van der Waals surface area contributed by atoms with Gasteiger partial charge in [0.25, 0.3) is 10.0 Å². The molecule has 0 heterocycles. The topological polar surface area (TPSA) is 96.0 Å². The third kappa shape index (κ3) is 9.09. The van der Waals surface area contributed by atoms with E-state index >= 15 is 0 Å². The minimum atomic E-state index is -4.20. The van der Waals surface area contributed by atoms with E-state index in [1.54, 1.807) is 60.7 Å². The molecule has 0 fully saturated rings. The molecule has 1 atom stereocenters. The highest BCUT2D eigenvalue weighted by atomic mass is 35.5. The Kier molecular flexibility index (Phi) is 12.0. The number of nitrogens with zero attached hydrogens (tertiary/aromatic N) is 2. The van der Waals surface area contributed by atoms with Gasteiger partial charge in [0.1, 0.15) is 18.3 Å². The van der Waals surface area contributed by atoms with Crippen molar-refractivity contribution in [2.75, 3.05) is 24.5 Å². The van der Waals surface area contributed by atoms with Crippen molar-refractivity contribution < 1.29 is 22.7 Å².